The van der Waals surface area contributed by atoms with E-state index in [4.69, 9.17) is 4.74 Å². The van der Waals surface area contributed by atoms with Crippen molar-refractivity contribution in [3.05, 3.63) is 30.3 Å². The molecular formula is C14H21ClN2O2. The molecule has 0 saturated carbocycles. The van der Waals surface area contributed by atoms with Crippen molar-refractivity contribution in [1.82, 2.24) is 10.2 Å². The number of benzene rings is 1. The zero-order valence-electron chi connectivity index (χ0n) is 11.2. The molecule has 4 nitrogen and oxygen atoms in total. The number of hydrogen-bond acceptors (Lipinski definition) is 3. The summed E-state index contributed by atoms with van der Waals surface area (Å²) in [5.41, 5.74) is 0. The van der Waals surface area contributed by atoms with Crippen molar-refractivity contribution in [3.63, 3.8) is 0 Å². The molecule has 5 heteroatoms. The van der Waals surface area contributed by atoms with Crippen LogP contribution in [0.25, 0.3) is 0 Å². The molecule has 2 rings (SSSR count). The minimum absolute atomic E-state index is 0. The predicted molar refractivity (Wildman–Crippen MR) is 77.8 cm³/mol. The van der Waals surface area contributed by atoms with E-state index in [2.05, 4.69) is 12.2 Å². The van der Waals surface area contributed by atoms with Gasteiger partial charge in [0.15, 0.2) is 0 Å². The number of halogens is 1. The third-order valence-electron chi connectivity index (χ3n) is 3.15. The van der Waals surface area contributed by atoms with Crippen molar-refractivity contribution in [3.8, 4) is 5.75 Å². The summed E-state index contributed by atoms with van der Waals surface area (Å²) in [5, 5.41) is 3.28. The van der Waals surface area contributed by atoms with Crippen LogP contribution < -0.4 is 10.1 Å². The zero-order chi connectivity index (χ0) is 12.8. The Balaban J connectivity index is 0.00000180. The molecule has 1 N–H and O–H groups in total. The zero-order valence-corrected chi connectivity index (χ0v) is 12.0. The molecule has 0 aliphatic carbocycles. The van der Waals surface area contributed by atoms with Crippen molar-refractivity contribution < 1.29 is 9.53 Å². The van der Waals surface area contributed by atoms with Crippen molar-refractivity contribution in [1.29, 1.82) is 0 Å². The van der Waals surface area contributed by atoms with E-state index in [0.29, 0.717) is 13.0 Å². The van der Waals surface area contributed by atoms with Crippen LogP contribution in [0.15, 0.2) is 30.3 Å². The van der Waals surface area contributed by atoms with Crippen LogP contribution in [0.5, 0.6) is 5.75 Å². The van der Waals surface area contributed by atoms with Crippen molar-refractivity contribution >= 4 is 18.3 Å². The molecule has 0 aromatic heterocycles. The van der Waals surface area contributed by atoms with Gasteiger partial charge in [0.1, 0.15) is 5.75 Å². The topological polar surface area (TPSA) is 41.6 Å². The Morgan fingerprint density at radius 1 is 1.42 bits per heavy atom. The Morgan fingerprint density at radius 3 is 2.84 bits per heavy atom. The second-order valence-electron chi connectivity index (χ2n) is 4.55. The SMILES string of the molecule is C[C@@H]1CNCCN1C(=O)CCOc1ccccc1.Cl. The highest BCUT2D eigenvalue weighted by Crippen LogP contribution is 2.10. The quantitative estimate of drug-likeness (QED) is 0.915. The van der Waals surface area contributed by atoms with E-state index in [1.165, 1.54) is 0 Å². The van der Waals surface area contributed by atoms with Gasteiger partial charge in [-0.1, -0.05) is 18.2 Å². The van der Waals surface area contributed by atoms with E-state index in [-0.39, 0.29) is 24.4 Å². The smallest absolute Gasteiger partial charge is 0.226 e. The third kappa shape index (κ3) is 4.73. The van der Waals surface area contributed by atoms with Crippen LogP contribution >= 0.6 is 12.4 Å². The molecular weight excluding hydrogens is 264 g/mol. The predicted octanol–water partition coefficient (Wildman–Crippen LogP) is 1.70. The number of nitrogens with zero attached hydrogens (tertiary/aromatic N) is 1. The van der Waals surface area contributed by atoms with Crippen molar-refractivity contribution in [2.75, 3.05) is 26.2 Å². The first-order valence-electron chi connectivity index (χ1n) is 6.45. The third-order valence-corrected chi connectivity index (χ3v) is 3.15. The van der Waals surface area contributed by atoms with Crippen LogP contribution in [-0.2, 0) is 4.79 Å². The van der Waals surface area contributed by atoms with Gasteiger partial charge in [0, 0.05) is 25.7 Å². The van der Waals surface area contributed by atoms with Crippen LogP contribution in [0.3, 0.4) is 0 Å². The Kier molecular flexibility index (Phi) is 6.67. The van der Waals surface area contributed by atoms with Gasteiger partial charge < -0.3 is 15.0 Å². The number of piperazine rings is 1. The second kappa shape index (κ2) is 8.02. The van der Waals surface area contributed by atoms with Gasteiger partial charge in [-0.2, -0.15) is 0 Å². The monoisotopic (exact) mass is 284 g/mol. The van der Waals surface area contributed by atoms with Gasteiger partial charge in [0.2, 0.25) is 5.91 Å². The van der Waals surface area contributed by atoms with Crippen LogP contribution in [-0.4, -0.2) is 43.1 Å². The highest BCUT2D eigenvalue weighted by Gasteiger charge is 2.22. The summed E-state index contributed by atoms with van der Waals surface area (Å²) in [5.74, 6) is 0.999. The summed E-state index contributed by atoms with van der Waals surface area (Å²) in [6, 6.07) is 9.88. The lowest BCUT2D eigenvalue weighted by molar-refractivity contribution is -0.134. The number of ether oxygens (including phenoxy) is 1. The summed E-state index contributed by atoms with van der Waals surface area (Å²) in [6.07, 6.45) is 0.444. The van der Waals surface area contributed by atoms with Gasteiger partial charge in [-0.25, -0.2) is 0 Å². The molecule has 1 aromatic rings. The molecule has 1 aromatic carbocycles. The van der Waals surface area contributed by atoms with Crippen LogP contribution in [0.4, 0.5) is 0 Å². The maximum absolute atomic E-state index is 12.0. The van der Waals surface area contributed by atoms with Gasteiger partial charge in [-0.3, -0.25) is 4.79 Å². The standard InChI is InChI=1S/C14H20N2O2.ClH/c1-12-11-15-8-9-16(12)14(17)7-10-18-13-5-3-2-4-6-13;/h2-6,12,15H,7-11H2,1H3;1H/t12-;/m1./s1. The lowest BCUT2D eigenvalue weighted by Gasteiger charge is -2.34. The molecule has 1 aliphatic rings. The minimum atomic E-state index is 0. The normalized spacial score (nSPS) is 18.6. The van der Waals surface area contributed by atoms with Crippen LogP contribution in [0.1, 0.15) is 13.3 Å². The summed E-state index contributed by atoms with van der Waals surface area (Å²) in [7, 11) is 0. The molecule has 1 amide bonds. The highest BCUT2D eigenvalue weighted by molar-refractivity contribution is 5.85. The fourth-order valence-corrected chi connectivity index (χ4v) is 2.13. The van der Waals surface area contributed by atoms with E-state index in [1.807, 2.05) is 35.2 Å². The molecule has 0 spiro atoms. The van der Waals surface area contributed by atoms with Gasteiger partial charge in [-0.05, 0) is 19.1 Å². The lowest BCUT2D eigenvalue weighted by atomic mass is 10.2. The first-order chi connectivity index (χ1) is 8.77. The molecule has 0 radical (unpaired) electrons. The fraction of sp³-hybridized carbons (Fsp3) is 0.500. The number of para-hydroxylation sites is 1. The molecule has 1 atom stereocenters. The first-order valence-corrected chi connectivity index (χ1v) is 6.45. The number of carbonyl (C=O) groups excluding carboxylic acids is 1. The van der Waals surface area contributed by atoms with E-state index in [1.54, 1.807) is 0 Å². The first kappa shape index (κ1) is 15.8. The van der Waals surface area contributed by atoms with E-state index in [9.17, 15) is 4.79 Å². The van der Waals surface area contributed by atoms with E-state index >= 15 is 0 Å². The molecule has 1 saturated heterocycles. The molecule has 1 aliphatic heterocycles. The Labute approximate surface area is 120 Å². The minimum Gasteiger partial charge on any atom is -0.493 e. The number of carbonyl (C=O) groups is 1. The van der Waals surface area contributed by atoms with Gasteiger partial charge in [0.05, 0.1) is 13.0 Å². The maximum atomic E-state index is 12.0. The largest absolute Gasteiger partial charge is 0.493 e. The molecule has 19 heavy (non-hydrogen) atoms. The van der Waals surface area contributed by atoms with E-state index in [0.717, 1.165) is 25.4 Å². The van der Waals surface area contributed by atoms with Gasteiger partial charge in [0.25, 0.3) is 0 Å². The second-order valence-corrected chi connectivity index (χ2v) is 4.55. The summed E-state index contributed by atoms with van der Waals surface area (Å²) in [4.78, 5) is 14.0. The summed E-state index contributed by atoms with van der Waals surface area (Å²) in [6.45, 7) is 5.08. The van der Waals surface area contributed by atoms with Gasteiger partial charge in [-0.15, -0.1) is 12.4 Å². The Morgan fingerprint density at radius 2 is 2.16 bits per heavy atom. The van der Waals surface area contributed by atoms with Crippen molar-refractivity contribution in [2.24, 2.45) is 0 Å². The molecule has 1 fully saturated rings. The number of hydrogen-bond donors (Lipinski definition) is 1. The summed E-state index contributed by atoms with van der Waals surface area (Å²) < 4.78 is 5.54. The number of amides is 1. The lowest BCUT2D eigenvalue weighted by Crippen LogP contribution is -2.52. The molecule has 106 valence electrons. The van der Waals surface area contributed by atoms with Crippen LogP contribution in [0.2, 0.25) is 0 Å². The molecule has 0 bridgehead atoms. The Hall–Kier alpha value is -1.26. The average molecular weight is 285 g/mol. The maximum Gasteiger partial charge on any atom is 0.226 e. The molecule has 1 heterocycles. The summed E-state index contributed by atoms with van der Waals surface area (Å²) >= 11 is 0. The number of nitrogens with one attached hydrogen (secondary N) is 1. The van der Waals surface area contributed by atoms with E-state index < -0.39 is 0 Å². The van der Waals surface area contributed by atoms with Crippen LogP contribution in [0, 0.1) is 0 Å². The number of rotatable bonds is 4. The highest BCUT2D eigenvalue weighted by atomic mass is 35.5. The van der Waals surface area contributed by atoms with Crippen molar-refractivity contribution in [2.45, 2.75) is 19.4 Å². The molecule has 0 unspecified atom stereocenters. The fourth-order valence-electron chi connectivity index (χ4n) is 2.13. The van der Waals surface area contributed by atoms with Gasteiger partial charge >= 0.3 is 0 Å². The Bertz CT molecular complexity index is 386. The average Bonchev–Trinajstić information content (AvgIpc) is 2.40.